The molecule has 1 aliphatic carbocycles. The second-order valence-electron chi connectivity index (χ2n) is 4.77. The van der Waals surface area contributed by atoms with Crippen LogP contribution in [0, 0.1) is 5.92 Å². The van der Waals surface area contributed by atoms with E-state index < -0.39 is 33.1 Å². The second kappa shape index (κ2) is 6.02. The molecular formula is C12H16N2O5S2. The summed E-state index contributed by atoms with van der Waals surface area (Å²) in [6, 6.07) is 1.46. The molecule has 1 aromatic heterocycles. The summed E-state index contributed by atoms with van der Waals surface area (Å²) in [5.74, 6) is -1.90. The van der Waals surface area contributed by atoms with Crippen LogP contribution in [0.1, 0.15) is 29.6 Å². The third-order valence-electron chi connectivity index (χ3n) is 3.52. The molecule has 21 heavy (non-hydrogen) atoms. The van der Waals surface area contributed by atoms with Crippen LogP contribution in [0.25, 0.3) is 0 Å². The van der Waals surface area contributed by atoms with Crippen molar-refractivity contribution < 1.29 is 22.7 Å². The summed E-state index contributed by atoms with van der Waals surface area (Å²) in [4.78, 5) is 22.9. The Bertz CT molecular complexity index is 652. The summed E-state index contributed by atoms with van der Waals surface area (Å²) < 4.78 is 31.9. The van der Waals surface area contributed by atoms with Crippen LogP contribution in [0.3, 0.4) is 0 Å². The van der Waals surface area contributed by atoms with Crippen molar-refractivity contribution in [2.24, 2.45) is 11.7 Å². The Balaban J connectivity index is 2.24. The van der Waals surface area contributed by atoms with Crippen LogP contribution in [0.15, 0.2) is 11.4 Å². The molecule has 0 bridgehead atoms. The molecule has 0 aliphatic heterocycles. The van der Waals surface area contributed by atoms with Gasteiger partial charge in [-0.15, -0.1) is 11.3 Å². The third-order valence-corrected chi connectivity index (χ3v) is 6.33. The standard InChI is InChI=1S/C12H16N2O5S2/c1-19-12(16)7-3-2-4-9(7)21(17,18)14-11-8(10(13)15)5-6-20-11/h5-7,9,14H,2-4H2,1H3,(H2,13,15). The van der Waals surface area contributed by atoms with Crippen molar-refractivity contribution in [3.8, 4) is 0 Å². The number of hydrogen-bond acceptors (Lipinski definition) is 6. The van der Waals surface area contributed by atoms with Crippen LogP contribution < -0.4 is 10.5 Å². The number of hydrogen-bond donors (Lipinski definition) is 2. The molecule has 0 spiro atoms. The fraction of sp³-hybridized carbons (Fsp3) is 0.500. The SMILES string of the molecule is COC(=O)C1CCCC1S(=O)(=O)Nc1sccc1C(N)=O. The minimum atomic E-state index is -3.79. The molecule has 7 nitrogen and oxygen atoms in total. The zero-order chi connectivity index (χ0) is 15.6. The predicted molar refractivity (Wildman–Crippen MR) is 78.5 cm³/mol. The first-order chi connectivity index (χ1) is 9.86. The van der Waals surface area contributed by atoms with Crippen molar-refractivity contribution in [3.63, 3.8) is 0 Å². The lowest BCUT2D eigenvalue weighted by Crippen LogP contribution is -2.35. The zero-order valence-electron chi connectivity index (χ0n) is 11.4. The van der Waals surface area contributed by atoms with Crippen LogP contribution in [0.5, 0.6) is 0 Å². The number of thiophene rings is 1. The van der Waals surface area contributed by atoms with Gasteiger partial charge >= 0.3 is 5.97 Å². The number of nitrogens with two attached hydrogens (primary N) is 1. The molecule has 116 valence electrons. The van der Waals surface area contributed by atoms with Crippen molar-refractivity contribution in [1.29, 1.82) is 0 Å². The normalized spacial score (nSPS) is 22.0. The average Bonchev–Trinajstić information content (AvgIpc) is 3.05. The number of carbonyl (C=O) groups is 2. The molecule has 0 aromatic carbocycles. The molecular weight excluding hydrogens is 316 g/mol. The highest BCUT2D eigenvalue weighted by atomic mass is 32.2. The molecule has 1 heterocycles. The van der Waals surface area contributed by atoms with Gasteiger partial charge in [0.2, 0.25) is 10.0 Å². The predicted octanol–water partition coefficient (Wildman–Crippen LogP) is 0.930. The van der Waals surface area contributed by atoms with E-state index in [-0.39, 0.29) is 10.6 Å². The zero-order valence-corrected chi connectivity index (χ0v) is 13.0. The first kappa shape index (κ1) is 15.8. The van der Waals surface area contributed by atoms with Crippen molar-refractivity contribution in [1.82, 2.24) is 0 Å². The number of anilines is 1. The van der Waals surface area contributed by atoms with Gasteiger partial charge < -0.3 is 10.5 Å². The molecule has 1 amide bonds. The quantitative estimate of drug-likeness (QED) is 0.778. The molecule has 0 saturated heterocycles. The summed E-state index contributed by atoms with van der Waals surface area (Å²) in [6.07, 6.45) is 1.50. The number of esters is 1. The summed E-state index contributed by atoms with van der Waals surface area (Å²) in [5.41, 5.74) is 5.31. The third kappa shape index (κ3) is 3.18. The Kier molecular flexibility index (Phi) is 4.52. The van der Waals surface area contributed by atoms with Gasteiger partial charge in [-0.25, -0.2) is 8.42 Å². The second-order valence-corrected chi connectivity index (χ2v) is 7.59. The van der Waals surface area contributed by atoms with E-state index in [1.807, 2.05) is 0 Å². The maximum atomic E-state index is 12.4. The Morgan fingerprint density at radius 3 is 2.76 bits per heavy atom. The Morgan fingerprint density at radius 2 is 2.14 bits per heavy atom. The molecule has 2 unspecified atom stereocenters. The number of primary amides is 1. The van der Waals surface area contributed by atoms with Crippen LogP contribution in [0.2, 0.25) is 0 Å². The maximum Gasteiger partial charge on any atom is 0.310 e. The van der Waals surface area contributed by atoms with E-state index in [4.69, 9.17) is 5.73 Å². The summed E-state index contributed by atoms with van der Waals surface area (Å²) >= 11 is 1.07. The van der Waals surface area contributed by atoms with Crippen molar-refractivity contribution in [2.45, 2.75) is 24.5 Å². The lowest BCUT2D eigenvalue weighted by Gasteiger charge is -2.18. The smallest absolute Gasteiger partial charge is 0.310 e. The van der Waals surface area contributed by atoms with Crippen LogP contribution in [0.4, 0.5) is 5.00 Å². The summed E-state index contributed by atoms with van der Waals surface area (Å²) in [6.45, 7) is 0. The fourth-order valence-corrected chi connectivity index (χ4v) is 5.36. The lowest BCUT2D eigenvalue weighted by molar-refractivity contribution is -0.145. The van der Waals surface area contributed by atoms with E-state index in [0.29, 0.717) is 19.3 Å². The van der Waals surface area contributed by atoms with E-state index >= 15 is 0 Å². The lowest BCUT2D eigenvalue weighted by atomic mass is 10.1. The first-order valence-corrected chi connectivity index (χ1v) is 8.76. The van der Waals surface area contributed by atoms with Gasteiger partial charge in [0, 0.05) is 0 Å². The van der Waals surface area contributed by atoms with Gasteiger partial charge in [0.25, 0.3) is 5.91 Å². The molecule has 1 fully saturated rings. The molecule has 1 saturated carbocycles. The number of rotatable bonds is 5. The molecule has 2 rings (SSSR count). The van der Waals surface area contributed by atoms with Gasteiger partial charge in [-0.05, 0) is 24.3 Å². The van der Waals surface area contributed by atoms with Gasteiger partial charge in [-0.3, -0.25) is 14.3 Å². The molecule has 9 heteroatoms. The number of carbonyl (C=O) groups excluding carboxylic acids is 2. The van der Waals surface area contributed by atoms with Gasteiger partial charge in [0.05, 0.1) is 23.8 Å². The molecule has 3 N–H and O–H groups in total. The number of amides is 1. The number of sulfonamides is 1. The Labute approximate surface area is 126 Å². The summed E-state index contributed by atoms with van der Waals surface area (Å²) in [7, 11) is -2.55. The summed E-state index contributed by atoms with van der Waals surface area (Å²) in [5, 5.41) is 0.899. The van der Waals surface area contributed by atoms with E-state index in [2.05, 4.69) is 9.46 Å². The van der Waals surface area contributed by atoms with Crippen LogP contribution in [-0.4, -0.2) is 32.7 Å². The average molecular weight is 332 g/mol. The first-order valence-electron chi connectivity index (χ1n) is 6.33. The Morgan fingerprint density at radius 1 is 1.43 bits per heavy atom. The van der Waals surface area contributed by atoms with Crippen molar-refractivity contribution in [3.05, 3.63) is 17.0 Å². The van der Waals surface area contributed by atoms with Crippen molar-refractivity contribution in [2.75, 3.05) is 11.8 Å². The number of methoxy groups -OCH3 is 1. The number of ether oxygens (including phenoxy) is 1. The minimum Gasteiger partial charge on any atom is -0.469 e. The van der Waals surface area contributed by atoms with E-state index in [1.165, 1.54) is 13.2 Å². The molecule has 1 aliphatic rings. The van der Waals surface area contributed by atoms with Gasteiger partial charge in [-0.1, -0.05) is 6.42 Å². The topological polar surface area (TPSA) is 116 Å². The monoisotopic (exact) mass is 332 g/mol. The van der Waals surface area contributed by atoms with E-state index in [0.717, 1.165) is 11.3 Å². The molecule has 1 aromatic rings. The Hall–Kier alpha value is -1.61. The van der Waals surface area contributed by atoms with Crippen LogP contribution in [-0.2, 0) is 19.6 Å². The largest absolute Gasteiger partial charge is 0.469 e. The molecule has 2 atom stereocenters. The van der Waals surface area contributed by atoms with Crippen LogP contribution >= 0.6 is 11.3 Å². The molecule has 0 radical (unpaired) electrons. The minimum absolute atomic E-state index is 0.121. The van der Waals surface area contributed by atoms with Crippen molar-refractivity contribution >= 4 is 38.2 Å². The van der Waals surface area contributed by atoms with Gasteiger partial charge in [0.1, 0.15) is 5.00 Å². The van der Waals surface area contributed by atoms with Gasteiger partial charge in [-0.2, -0.15) is 0 Å². The van der Waals surface area contributed by atoms with E-state index in [1.54, 1.807) is 5.38 Å². The van der Waals surface area contributed by atoms with Gasteiger partial charge in [0.15, 0.2) is 0 Å². The maximum absolute atomic E-state index is 12.4. The highest BCUT2D eigenvalue weighted by Gasteiger charge is 2.42. The van der Waals surface area contributed by atoms with E-state index in [9.17, 15) is 18.0 Å². The fourth-order valence-electron chi connectivity index (χ4n) is 2.51. The highest BCUT2D eigenvalue weighted by molar-refractivity contribution is 7.93. The number of nitrogens with one attached hydrogen (secondary N) is 1. The highest BCUT2D eigenvalue weighted by Crippen LogP contribution is 2.34.